The number of rotatable bonds is 6. The van der Waals surface area contributed by atoms with Gasteiger partial charge in [-0.05, 0) is 44.8 Å². The number of likely N-dealkylation sites (tertiary alicyclic amines) is 1. The molecule has 1 heteroatoms. The first kappa shape index (κ1) is 16.0. The quantitative estimate of drug-likeness (QED) is 0.594. The van der Waals surface area contributed by atoms with E-state index in [1.807, 2.05) is 13.8 Å². The van der Waals surface area contributed by atoms with Crippen LogP contribution in [0.4, 0.5) is 0 Å². The summed E-state index contributed by atoms with van der Waals surface area (Å²) in [5, 5.41) is 0. The molecule has 0 aromatic carbocycles. The predicted molar refractivity (Wildman–Crippen MR) is 74.9 cm³/mol. The molecule has 0 unspecified atom stereocenters. The highest BCUT2D eigenvalue weighted by Gasteiger charge is 2.17. The summed E-state index contributed by atoms with van der Waals surface area (Å²) in [7, 11) is 0. The van der Waals surface area contributed by atoms with E-state index in [0.717, 1.165) is 5.92 Å². The van der Waals surface area contributed by atoms with E-state index in [-0.39, 0.29) is 0 Å². The van der Waals surface area contributed by atoms with Gasteiger partial charge in [-0.3, -0.25) is 0 Å². The molecule has 0 N–H and O–H groups in total. The third-order valence-corrected chi connectivity index (χ3v) is 3.46. The first-order chi connectivity index (χ1) is 7.86. The Bertz CT molecular complexity index is 125. The third kappa shape index (κ3) is 7.27. The van der Waals surface area contributed by atoms with Crippen LogP contribution in [0.25, 0.3) is 0 Å². The Morgan fingerprint density at radius 2 is 1.56 bits per heavy atom. The number of nitrogens with zero attached hydrogens (tertiary/aromatic N) is 1. The zero-order chi connectivity index (χ0) is 12.2. The summed E-state index contributed by atoms with van der Waals surface area (Å²) in [5.74, 6) is 1.05. The van der Waals surface area contributed by atoms with Crippen LogP contribution >= 0.6 is 0 Å². The maximum Gasteiger partial charge on any atom is -0.00161 e. The lowest BCUT2D eigenvalue weighted by molar-refractivity contribution is 0.177. The van der Waals surface area contributed by atoms with Gasteiger partial charge < -0.3 is 4.90 Å². The van der Waals surface area contributed by atoms with E-state index < -0.39 is 0 Å². The molecule has 16 heavy (non-hydrogen) atoms. The van der Waals surface area contributed by atoms with E-state index >= 15 is 0 Å². The van der Waals surface area contributed by atoms with Gasteiger partial charge in [-0.15, -0.1) is 0 Å². The van der Waals surface area contributed by atoms with Crippen molar-refractivity contribution in [2.75, 3.05) is 19.6 Å². The summed E-state index contributed by atoms with van der Waals surface area (Å²) >= 11 is 0. The number of hydrogen-bond acceptors (Lipinski definition) is 1. The number of hydrogen-bond donors (Lipinski definition) is 0. The minimum absolute atomic E-state index is 1.05. The van der Waals surface area contributed by atoms with Crippen LogP contribution in [0.5, 0.6) is 0 Å². The fourth-order valence-electron chi connectivity index (χ4n) is 2.50. The summed E-state index contributed by atoms with van der Waals surface area (Å²) in [6.45, 7) is 12.6. The summed E-state index contributed by atoms with van der Waals surface area (Å²) in [6.07, 6.45) is 10.0. The zero-order valence-corrected chi connectivity index (χ0v) is 12.1. The Kier molecular flexibility index (Phi) is 11.4. The van der Waals surface area contributed by atoms with Gasteiger partial charge in [0.25, 0.3) is 0 Å². The van der Waals surface area contributed by atoms with Gasteiger partial charge in [0, 0.05) is 0 Å². The van der Waals surface area contributed by atoms with E-state index in [1.165, 1.54) is 64.6 Å². The highest BCUT2D eigenvalue weighted by atomic mass is 15.1. The van der Waals surface area contributed by atoms with Crippen molar-refractivity contribution in [1.29, 1.82) is 0 Å². The van der Waals surface area contributed by atoms with Crippen molar-refractivity contribution < 1.29 is 0 Å². The van der Waals surface area contributed by atoms with E-state index in [4.69, 9.17) is 0 Å². The lowest BCUT2D eigenvalue weighted by Crippen LogP contribution is -2.34. The monoisotopic (exact) mass is 227 g/mol. The normalized spacial score (nSPS) is 18.0. The van der Waals surface area contributed by atoms with Crippen LogP contribution in [-0.2, 0) is 0 Å². The molecule has 0 radical (unpaired) electrons. The highest BCUT2D eigenvalue weighted by molar-refractivity contribution is 4.71. The molecule has 1 nitrogen and oxygen atoms in total. The summed E-state index contributed by atoms with van der Waals surface area (Å²) in [6, 6.07) is 0. The minimum Gasteiger partial charge on any atom is -0.303 e. The van der Waals surface area contributed by atoms with Crippen LogP contribution in [-0.4, -0.2) is 24.5 Å². The van der Waals surface area contributed by atoms with Crippen molar-refractivity contribution in [1.82, 2.24) is 4.90 Å². The molecule has 1 heterocycles. The Morgan fingerprint density at radius 3 is 2.06 bits per heavy atom. The molecule has 0 aliphatic carbocycles. The smallest absolute Gasteiger partial charge is 0.00161 e. The molecular weight excluding hydrogens is 194 g/mol. The molecule has 0 atom stereocenters. The van der Waals surface area contributed by atoms with Crippen LogP contribution in [0.3, 0.4) is 0 Å². The third-order valence-electron chi connectivity index (χ3n) is 3.46. The SMILES string of the molecule is CC.CCCCCC1CCN(CCC)CC1. The van der Waals surface area contributed by atoms with Crippen molar-refractivity contribution in [3.05, 3.63) is 0 Å². The zero-order valence-electron chi connectivity index (χ0n) is 12.1. The largest absolute Gasteiger partial charge is 0.303 e. The minimum atomic E-state index is 1.05. The molecule has 0 spiro atoms. The summed E-state index contributed by atoms with van der Waals surface area (Å²) in [4.78, 5) is 2.64. The Balaban J connectivity index is 0.00000106. The van der Waals surface area contributed by atoms with Crippen LogP contribution in [0.2, 0.25) is 0 Å². The molecular formula is C15H33N. The van der Waals surface area contributed by atoms with Crippen LogP contribution in [0.15, 0.2) is 0 Å². The van der Waals surface area contributed by atoms with Crippen LogP contribution < -0.4 is 0 Å². The lowest BCUT2D eigenvalue weighted by atomic mass is 9.91. The topological polar surface area (TPSA) is 3.24 Å². The van der Waals surface area contributed by atoms with Gasteiger partial charge >= 0.3 is 0 Å². The van der Waals surface area contributed by atoms with Gasteiger partial charge in [-0.1, -0.05) is 53.4 Å². The molecule has 1 rings (SSSR count). The molecule has 1 fully saturated rings. The van der Waals surface area contributed by atoms with Gasteiger partial charge in [0.2, 0.25) is 0 Å². The van der Waals surface area contributed by atoms with Crippen molar-refractivity contribution in [3.8, 4) is 0 Å². The average Bonchev–Trinajstić information content (AvgIpc) is 2.35. The van der Waals surface area contributed by atoms with Crippen molar-refractivity contribution >= 4 is 0 Å². The van der Waals surface area contributed by atoms with Crippen LogP contribution in [0.1, 0.15) is 72.6 Å². The fraction of sp³-hybridized carbons (Fsp3) is 1.00. The van der Waals surface area contributed by atoms with Gasteiger partial charge in [0.05, 0.1) is 0 Å². The Morgan fingerprint density at radius 1 is 0.938 bits per heavy atom. The second-order valence-electron chi connectivity index (χ2n) is 4.78. The number of piperidine rings is 1. The second-order valence-corrected chi connectivity index (χ2v) is 4.78. The predicted octanol–water partition coefficient (Wildman–Crippen LogP) is 4.71. The molecule has 98 valence electrons. The second kappa shape index (κ2) is 11.4. The van der Waals surface area contributed by atoms with E-state index in [2.05, 4.69) is 18.7 Å². The summed E-state index contributed by atoms with van der Waals surface area (Å²) in [5.41, 5.74) is 0. The highest BCUT2D eigenvalue weighted by Crippen LogP contribution is 2.22. The van der Waals surface area contributed by atoms with Gasteiger partial charge in [-0.25, -0.2) is 0 Å². The first-order valence-corrected chi connectivity index (χ1v) is 7.59. The Hall–Kier alpha value is -0.0400. The van der Waals surface area contributed by atoms with E-state index in [0.29, 0.717) is 0 Å². The molecule has 1 saturated heterocycles. The molecule has 1 aliphatic heterocycles. The summed E-state index contributed by atoms with van der Waals surface area (Å²) < 4.78 is 0. The average molecular weight is 227 g/mol. The Labute approximate surface area is 104 Å². The molecule has 0 bridgehead atoms. The fourth-order valence-corrected chi connectivity index (χ4v) is 2.50. The van der Waals surface area contributed by atoms with Crippen molar-refractivity contribution in [2.45, 2.75) is 72.6 Å². The molecule has 0 saturated carbocycles. The maximum absolute atomic E-state index is 2.64. The van der Waals surface area contributed by atoms with Crippen molar-refractivity contribution in [3.63, 3.8) is 0 Å². The van der Waals surface area contributed by atoms with Crippen LogP contribution in [0, 0.1) is 5.92 Å². The van der Waals surface area contributed by atoms with Gasteiger partial charge in [-0.2, -0.15) is 0 Å². The first-order valence-electron chi connectivity index (χ1n) is 7.59. The molecule has 1 aliphatic rings. The van der Waals surface area contributed by atoms with E-state index in [1.54, 1.807) is 0 Å². The van der Waals surface area contributed by atoms with Gasteiger partial charge in [0.1, 0.15) is 0 Å². The standard InChI is InChI=1S/C13H27N.C2H6/c1-3-5-6-7-13-8-11-14(10-4-2)12-9-13;1-2/h13H,3-12H2,1-2H3;1-2H3. The van der Waals surface area contributed by atoms with E-state index in [9.17, 15) is 0 Å². The van der Waals surface area contributed by atoms with Crippen molar-refractivity contribution in [2.24, 2.45) is 5.92 Å². The van der Waals surface area contributed by atoms with Gasteiger partial charge in [0.15, 0.2) is 0 Å². The molecule has 0 aromatic rings. The molecule has 0 aromatic heterocycles. The maximum atomic E-state index is 2.64. The molecule has 0 amide bonds. The number of unbranched alkanes of at least 4 members (excludes halogenated alkanes) is 2. The lowest BCUT2D eigenvalue weighted by Gasteiger charge is -2.31.